The van der Waals surface area contributed by atoms with Crippen LogP contribution in [0.25, 0.3) is 11.1 Å². The summed E-state index contributed by atoms with van der Waals surface area (Å²) >= 11 is 0. The number of ether oxygens (including phenoxy) is 1. The summed E-state index contributed by atoms with van der Waals surface area (Å²) in [4.78, 5) is -0.0241. The van der Waals surface area contributed by atoms with E-state index in [1.165, 1.54) is 72.8 Å². The molecule has 0 saturated heterocycles. The molecule has 0 radical (unpaired) electrons. The van der Waals surface area contributed by atoms with Crippen molar-refractivity contribution < 1.29 is 46.8 Å². The molecule has 0 spiro atoms. The topological polar surface area (TPSA) is 164 Å². The van der Waals surface area contributed by atoms with Gasteiger partial charge in [0.2, 0.25) is 19.7 Å². The summed E-state index contributed by atoms with van der Waals surface area (Å²) in [6.07, 6.45) is 0.217. The van der Waals surface area contributed by atoms with Crippen LogP contribution in [0.4, 0.5) is 0 Å². The lowest BCUT2D eigenvalue weighted by atomic mass is 9.99. The molecule has 11 nitrogen and oxygen atoms in total. The van der Waals surface area contributed by atoms with Crippen molar-refractivity contribution in [3.8, 4) is 22.6 Å². The molecule has 326 valence electrons. The summed E-state index contributed by atoms with van der Waals surface area (Å²) in [5.74, 6) is 0.523. The van der Waals surface area contributed by atoms with Crippen LogP contribution in [0.5, 0.6) is 11.5 Å². The second-order valence-electron chi connectivity index (χ2n) is 15.8. The number of benzene rings is 6. The molecule has 0 N–H and O–H groups in total. The molecule has 0 atom stereocenters. The highest BCUT2D eigenvalue weighted by molar-refractivity contribution is 7.91. The summed E-state index contributed by atoms with van der Waals surface area (Å²) in [5.41, 5.74) is 3.10. The van der Waals surface area contributed by atoms with Gasteiger partial charge in [0.15, 0.2) is 0 Å². The predicted molar refractivity (Wildman–Crippen MR) is 237 cm³/mol. The largest absolute Gasteiger partial charge is 0.457 e. The van der Waals surface area contributed by atoms with Crippen molar-refractivity contribution in [2.45, 2.75) is 77.3 Å². The molecule has 0 unspecified atom stereocenters. The number of sulfone groups is 2. The molecule has 0 saturated carbocycles. The lowest BCUT2D eigenvalue weighted by molar-refractivity contribution is 0.274. The first-order valence-corrected chi connectivity index (χ1v) is 25.5. The third-order valence-corrected chi connectivity index (χ3v) is 15.8. The van der Waals surface area contributed by atoms with Gasteiger partial charge in [-0.2, -0.15) is 16.8 Å². The first-order valence-electron chi connectivity index (χ1n) is 19.7. The Hall–Kier alpha value is -5.16. The summed E-state index contributed by atoms with van der Waals surface area (Å²) in [5, 5.41) is 0. The molecule has 0 bridgehead atoms. The molecule has 0 aliphatic rings. The van der Waals surface area contributed by atoms with Crippen LogP contribution in [-0.4, -0.2) is 46.9 Å². The van der Waals surface area contributed by atoms with Gasteiger partial charge < -0.3 is 4.74 Å². The van der Waals surface area contributed by atoms with Crippen LogP contribution in [0, 0.1) is 25.7 Å². The van der Waals surface area contributed by atoms with E-state index in [0.29, 0.717) is 28.2 Å². The fourth-order valence-electron chi connectivity index (χ4n) is 6.26. The Kier molecular flexibility index (Phi) is 14.0. The van der Waals surface area contributed by atoms with Gasteiger partial charge in [0.05, 0.1) is 32.8 Å². The minimum absolute atomic E-state index is 0.0241. The molecule has 0 aliphatic carbocycles. The van der Waals surface area contributed by atoms with E-state index >= 15 is 0 Å². The third-order valence-electron chi connectivity index (χ3n) is 9.60. The minimum Gasteiger partial charge on any atom is -0.457 e. The molecule has 15 heteroatoms. The summed E-state index contributed by atoms with van der Waals surface area (Å²) in [6, 6.07) is 34.0. The van der Waals surface area contributed by atoms with Crippen LogP contribution in [0.2, 0.25) is 0 Å². The van der Waals surface area contributed by atoms with E-state index in [0.717, 1.165) is 5.56 Å². The number of hydrogen-bond acceptors (Lipinski definition) is 11. The van der Waals surface area contributed by atoms with E-state index in [9.17, 15) is 33.7 Å². The van der Waals surface area contributed by atoms with E-state index in [-0.39, 0.29) is 72.0 Å². The van der Waals surface area contributed by atoms with Crippen LogP contribution in [-0.2, 0) is 54.7 Å². The van der Waals surface area contributed by atoms with Crippen molar-refractivity contribution in [2.75, 3.05) is 13.2 Å². The lowest BCUT2D eigenvalue weighted by Crippen LogP contribution is -2.15. The SMILES string of the molecule is Cc1ccc(S(=O)(=O)c2ccc(Oc3ccc(S(=O)(=O)c4ccc(Cc5ccc(-c6ccc(C)cc6S(=O)(=O)OCC(C)C)c(S(=O)(=O)OCC(C)C)c5)cc4)cc3)cc2)cc1. The Balaban J connectivity index is 1.21. The minimum atomic E-state index is -4.39. The zero-order valence-electron chi connectivity index (χ0n) is 35.1. The standard InChI is InChI=1S/C47H48O11S4/c1-32(2)30-56-61(52,53)46-27-35(6)9-25-44(46)45-26-12-37(29-47(45)62(54,55)57-31-33(3)4)28-36-10-19-41(20-11-36)60(50,51)43-23-15-39(16-24-43)58-38-13-21-42(22-14-38)59(48,49)40-17-7-34(5)8-18-40/h7-27,29,32-33H,28,30-31H2,1-6H3. The second kappa shape index (κ2) is 18.7. The Bertz CT molecular complexity index is 3000. The molecule has 6 aromatic rings. The highest BCUT2D eigenvalue weighted by Crippen LogP contribution is 2.36. The van der Waals surface area contributed by atoms with Gasteiger partial charge in [0.1, 0.15) is 21.3 Å². The molecule has 0 amide bonds. The van der Waals surface area contributed by atoms with Crippen molar-refractivity contribution in [3.05, 3.63) is 156 Å². The highest BCUT2D eigenvalue weighted by Gasteiger charge is 2.28. The van der Waals surface area contributed by atoms with Gasteiger partial charge in [-0.15, -0.1) is 0 Å². The van der Waals surface area contributed by atoms with Crippen molar-refractivity contribution in [1.29, 1.82) is 0 Å². The van der Waals surface area contributed by atoms with E-state index in [2.05, 4.69) is 0 Å². The molecular weight excluding hydrogens is 869 g/mol. The molecule has 0 aliphatic heterocycles. The van der Waals surface area contributed by atoms with Gasteiger partial charge in [-0.1, -0.05) is 81.8 Å². The van der Waals surface area contributed by atoms with Gasteiger partial charge in [0.25, 0.3) is 20.2 Å². The van der Waals surface area contributed by atoms with Gasteiger partial charge in [-0.05, 0) is 134 Å². The molecule has 0 heterocycles. The van der Waals surface area contributed by atoms with Gasteiger partial charge >= 0.3 is 0 Å². The Morgan fingerprint density at radius 3 is 1.21 bits per heavy atom. The summed E-state index contributed by atoms with van der Waals surface area (Å²) < 4.78 is 124. The Labute approximate surface area is 365 Å². The Morgan fingerprint density at radius 1 is 0.419 bits per heavy atom. The maximum Gasteiger partial charge on any atom is 0.297 e. The Morgan fingerprint density at radius 2 is 0.774 bits per heavy atom. The first-order chi connectivity index (χ1) is 29.2. The van der Waals surface area contributed by atoms with Crippen molar-refractivity contribution >= 4 is 39.9 Å². The predicted octanol–water partition coefficient (Wildman–Crippen LogP) is 9.74. The van der Waals surface area contributed by atoms with E-state index in [1.54, 1.807) is 67.6 Å². The molecule has 62 heavy (non-hydrogen) atoms. The molecule has 6 aromatic carbocycles. The lowest BCUT2D eigenvalue weighted by Gasteiger charge is -2.17. The van der Waals surface area contributed by atoms with Crippen LogP contribution >= 0.6 is 0 Å². The number of aryl methyl sites for hydroxylation is 2. The van der Waals surface area contributed by atoms with E-state index in [1.807, 2.05) is 34.6 Å². The molecule has 0 fully saturated rings. The number of rotatable bonds is 17. The average molecular weight is 917 g/mol. The highest BCUT2D eigenvalue weighted by atomic mass is 32.2. The first kappa shape index (κ1) is 46.3. The van der Waals surface area contributed by atoms with Gasteiger partial charge in [-0.3, -0.25) is 8.37 Å². The maximum atomic E-state index is 13.8. The van der Waals surface area contributed by atoms with Crippen LogP contribution in [0.1, 0.15) is 49.9 Å². The normalized spacial score (nSPS) is 12.5. The summed E-state index contributed by atoms with van der Waals surface area (Å²) in [6.45, 7) is 10.7. The zero-order valence-corrected chi connectivity index (χ0v) is 38.4. The maximum absolute atomic E-state index is 13.8. The van der Waals surface area contributed by atoms with Crippen molar-refractivity contribution in [2.24, 2.45) is 11.8 Å². The fraction of sp³-hybridized carbons (Fsp3) is 0.234. The van der Waals surface area contributed by atoms with E-state index < -0.39 is 39.9 Å². The van der Waals surface area contributed by atoms with Crippen LogP contribution in [0.15, 0.2) is 163 Å². The third kappa shape index (κ3) is 10.9. The van der Waals surface area contributed by atoms with Crippen molar-refractivity contribution in [3.63, 3.8) is 0 Å². The van der Waals surface area contributed by atoms with Crippen molar-refractivity contribution in [1.82, 2.24) is 0 Å². The van der Waals surface area contributed by atoms with E-state index in [4.69, 9.17) is 13.1 Å². The number of hydrogen-bond donors (Lipinski definition) is 0. The fourth-order valence-corrected chi connectivity index (χ4v) is 11.5. The zero-order chi connectivity index (χ0) is 45.0. The van der Waals surface area contributed by atoms with Gasteiger partial charge in [0, 0.05) is 11.1 Å². The quantitative estimate of drug-likeness (QED) is 0.0800. The summed E-state index contributed by atoms with van der Waals surface area (Å²) in [7, 11) is -16.3. The molecule has 0 aromatic heterocycles. The molecular formula is C47H48O11S4. The molecule has 6 rings (SSSR count). The van der Waals surface area contributed by atoms with Crippen LogP contribution in [0.3, 0.4) is 0 Å². The van der Waals surface area contributed by atoms with Gasteiger partial charge in [-0.25, -0.2) is 16.8 Å². The van der Waals surface area contributed by atoms with Crippen LogP contribution < -0.4 is 4.74 Å². The average Bonchev–Trinajstić information content (AvgIpc) is 3.23. The monoisotopic (exact) mass is 916 g/mol. The second-order valence-corrected chi connectivity index (χ2v) is 22.8. The smallest absolute Gasteiger partial charge is 0.297 e.